The molecule has 1 unspecified atom stereocenters. The van der Waals surface area contributed by atoms with E-state index in [9.17, 15) is 4.79 Å². The first-order valence-corrected chi connectivity index (χ1v) is 5.52. The molecule has 0 spiro atoms. The first-order valence-electron chi connectivity index (χ1n) is 5.52. The molecule has 0 aliphatic rings. The van der Waals surface area contributed by atoms with Crippen molar-refractivity contribution in [1.29, 1.82) is 0 Å². The molecule has 0 radical (unpaired) electrons. The number of hydrogen-bond acceptors (Lipinski definition) is 5. The number of rotatable bonds is 5. The van der Waals surface area contributed by atoms with Crippen molar-refractivity contribution in [3.63, 3.8) is 0 Å². The van der Waals surface area contributed by atoms with Crippen molar-refractivity contribution in [3.8, 4) is 0 Å². The average Bonchev–Trinajstić information content (AvgIpc) is 3.05. The minimum atomic E-state index is -0.500. The number of methoxy groups -OCH3 is 1. The van der Waals surface area contributed by atoms with Crippen molar-refractivity contribution in [2.45, 2.75) is 19.6 Å². The standard InChI is InChI=1S/C13H14O5/c1-9(17-8-10-4-3-7-16-10)11-5-6-12(18-11)13(14)15-2/h3-7,9H,8H2,1-2H3. The molecule has 0 saturated carbocycles. The molecule has 2 aromatic rings. The van der Waals surface area contributed by atoms with Crippen LogP contribution in [-0.2, 0) is 16.1 Å². The predicted octanol–water partition coefficient (Wildman–Crippen LogP) is 2.94. The maximum Gasteiger partial charge on any atom is 0.373 e. The van der Waals surface area contributed by atoms with Gasteiger partial charge in [-0.05, 0) is 31.2 Å². The van der Waals surface area contributed by atoms with Crippen LogP contribution < -0.4 is 0 Å². The molecule has 2 rings (SSSR count). The van der Waals surface area contributed by atoms with Crippen molar-refractivity contribution in [2.75, 3.05) is 7.11 Å². The van der Waals surface area contributed by atoms with Crippen LogP contribution in [0.3, 0.4) is 0 Å². The summed E-state index contributed by atoms with van der Waals surface area (Å²) in [5, 5.41) is 0. The minimum absolute atomic E-state index is 0.168. The highest BCUT2D eigenvalue weighted by Crippen LogP contribution is 2.21. The Balaban J connectivity index is 1.94. The molecule has 5 nitrogen and oxygen atoms in total. The highest BCUT2D eigenvalue weighted by molar-refractivity contribution is 5.86. The van der Waals surface area contributed by atoms with E-state index in [1.54, 1.807) is 24.5 Å². The van der Waals surface area contributed by atoms with Crippen molar-refractivity contribution in [3.05, 3.63) is 47.8 Å². The normalized spacial score (nSPS) is 12.3. The molecule has 0 fully saturated rings. The summed E-state index contributed by atoms with van der Waals surface area (Å²) >= 11 is 0. The summed E-state index contributed by atoms with van der Waals surface area (Å²) in [6.45, 7) is 2.19. The number of carbonyl (C=O) groups excluding carboxylic acids is 1. The van der Waals surface area contributed by atoms with Crippen LogP contribution in [0.2, 0.25) is 0 Å². The van der Waals surface area contributed by atoms with Crippen LogP contribution in [0, 0.1) is 0 Å². The number of carbonyl (C=O) groups is 1. The van der Waals surface area contributed by atoms with Gasteiger partial charge in [-0.25, -0.2) is 4.79 Å². The summed E-state index contributed by atoms with van der Waals surface area (Å²) in [6, 6.07) is 6.88. The Hall–Kier alpha value is -2.01. The van der Waals surface area contributed by atoms with Crippen LogP contribution >= 0.6 is 0 Å². The smallest absolute Gasteiger partial charge is 0.373 e. The van der Waals surface area contributed by atoms with Crippen LogP contribution in [0.1, 0.15) is 35.1 Å². The summed E-state index contributed by atoms with van der Waals surface area (Å²) in [6.07, 6.45) is 1.32. The molecule has 0 aliphatic carbocycles. The van der Waals surface area contributed by atoms with E-state index in [1.807, 2.05) is 13.0 Å². The zero-order valence-corrected chi connectivity index (χ0v) is 10.2. The van der Waals surface area contributed by atoms with Gasteiger partial charge in [0.05, 0.1) is 13.4 Å². The van der Waals surface area contributed by atoms with Gasteiger partial charge < -0.3 is 18.3 Å². The molecule has 0 aliphatic heterocycles. The minimum Gasteiger partial charge on any atom is -0.467 e. The monoisotopic (exact) mass is 250 g/mol. The van der Waals surface area contributed by atoms with Crippen molar-refractivity contribution in [1.82, 2.24) is 0 Å². The van der Waals surface area contributed by atoms with Gasteiger partial charge in [-0.3, -0.25) is 0 Å². The summed E-state index contributed by atoms with van der Waals surface area (Å²) in [5.41, 5.74) is 0. The van der Waals surface area contributed by atoms with Gasteiger partial charge in [0.15, 0.2) is 0 Å². The van der Waals surface area contributed by atoms with Crippen LogP contribution in [0.5, 0.6) is 0 Å². The third kappa shape index (κ3) is 2.81. The molecule has 2 heterocycles. The predicted molar refractivity (Wildman–Crippen MR) is 62.0 cm³/mol. The largest absolute Gasteiger partial charge is 0.467 e. The second-order valence-corrected chi connectivity index (χ2v) is 3.73. The third-order valence-electron chi connectivity index (χ3n) is 2.47. The van der Waals surface area contributed by atoms with E-state index >= 15 is 0 Å². The van der Waals surface area contributed by atoms with Crippen LogP contribution in [0.4, 0.5) is 0 Å². The fraction of sp³-hybridized carbons (Fsp3) is 0.308. The quantitative estimate of drug-likeness (QED) is 0.763. The Labute approximate surface area is 104 Å². The van der Waals surface area contributed by atoms with Gasteiger partial charge in [-0.2, -0.15) is 0 Å². The Morgan fingerprint density at radius 3 is 2.89 bits per heavy atom. The molecular weight excluding hydrogens is 236 g/mol. The van der Waals surface area contributed by atoms with E-state index in [0.29, 0.717) is 12.4 Å². The van der Waals surface area contributed by atoms with Gasteiger partial charge in [-0.15, -0.1) is 0 Å². The second kappa shape index (κ2) is 5.55. The van der Waals surface area contributed by atoms with Crippen molar-refractivity contribution >= 4 is 5.97 Å². The first-order chi connectivity index (χ1) is 8.70. The number of ether oxygens (including phenoxy) is 2. The first kappa shape index (κ1) is 12.4. The Morgan fingerprint density at radius 1 is 1.39 bits per heavy atom. The lowest BCUT2D eigenvalue weighted by Crippen LogP contribution is -2.00. The Bertz CT molecular complexity index is 497. The van der Waals surface area contributed by atoms with Gasteiger partial charge in [0.25, 0.3) is 0 Å². The third-order valence-corrected chi connectivity index (χ3v) is 2.47. The number of furan rings is 2. The lowest BCUT2D eigenvalue weighted by molar-refractivity contribution is 0.0266. The number of hydrogen-bond donors (Lipinski definition) is 0. The zero-order valence-electron chi connectivity index (χ0n) is 10.2. The Kier molecular flexibility index (Phi) is 3.84. The Morgan fingerprint density at radius 2 is 2.22 bits per heavy atom. The zero-order chi connectivity index (χ0) is 13.0. The van der Waals surface area contributed by atoms with Gasteiger partial charge >= 0.3 is 5.97 Å². The molecule has 18 heavy (non-hydrogen) atoms. The molecule has 0 N–H and O–H groups in total. The van der Waals surface area contributed by atoms with E-state index in [1.165, 1.54) is 7.11 Å². The molecule has 5 heteroatoms. The molecule has 0 amide bonds. The summed E-state index contributed by atoms with van der Waals surface area (Å²) in [7, 11) is 1.31. The maximum absolute atomic E-state index is 11.2. The SMILES string of the molecule is COC(=O)c1ccc(C(C)OCc2ccco2)o1. The fourth-order valence-electron chi connectivity index (χ4n) is 1.47. The lowest BCUT2D eigenvalue weighted by atomic mass is 10.3. The van der Waals surface area contributed by atoms with E-state index in [4.69, 9.17) is 13.6 Å². The highest BCUT2D eigenvalue weighted by atomic mass is 16.5. The topological polar surface area (TPSA) is 61.8 Å². The van der Waals surface area contributed by atoms with Gasteiger partial charge in [0.2, 0.25) is 5.76 Å². The van der Waals surface area contributed by atoms with E-state index in [-0.39, 0.29) is 11.9 Å². The molecule has 0 aromatic carbocycles. The van der Waals surface area contributed by atoms with Gasteiger partial charge in [0, 0.05) is 0 Å². The van der Waals surface area contributed by atoms with E-state index in [0.717, 1.165) is 5.76 Å². The van der Waals surface area contributed by atoms with Crippen molar-refractivity contribution in [2.24, 2.45) is 0 Å². The second-order valence-electron chi connectivity index (χ2n) is 3.73. The van der Waals surface area contributed by atoms with Crippen LogP contribution in [-0.4, -0.2) is 13.1 Å². The molecule has 96 valence electrons. The van der Waals surface area contributed by atoms with Crippen LogP contribution in [0.15, 0.2) is 39.4 Å². The average molecular weight is 250 g/mol. The molecule has 1 atom stereocenters. The molecule has 0 bridgehead atoms. The lowest BCUT2D eigenvalue weighted by Gasteiger charge is -2.08. The fourth-order valence-corrected chi connectivity index (χ4v) is 1.47. The van der Waals surface area contributed by atoms with Crippen LogP contribution in [0.25, 0.3) is 0 Å². The molecular formula is C13H14O5. The van der Waals surface area contributed by atoms with Gasteiger partial charge in [-0.1, -0.05) is 0 Å². The molecule has 0 saturated heterocycles. The summed E-state index contributed by atoms with van der Waals surface area (Å²) in [4.78, 5) is 11.2. The van der Waals surface area contributed by atoms with E-state index in [2.05, 4.69) is 4.74 Å². The summed E-state index contributed by atoms with van der Waals surface area (Å²) in [5.74, 6) is 0.976. The molecule has 2 aromatic heterocycles. The van der Waals surface area contributed by atoms with Crippen molar-refractivity contribution < 1.29 is 23.1 Å². The van der Waals surface area contributed by atoms with E-state index < -0.39 is 5.97 Å². The maximum atomic E-state index is 11.2. The number of esters is 1. The summed E-state index contributed by atoms with van der Waals surface area (Å²) < 4.78 is 20.6. The van der Waals surface area contributed by atoms with Gasteiger partial charge in [0.1, 0.15) is 24.2 Å². The highest BCUT2D eigenvalue weighted by Gasteiger charge is 2.16.